The molecule has 0 saturated carbocycles. The van der Waals surface area contributed by atoms with Gasteiger partial charge in [-0.25, -0.2) is 0 Å². The van der Waals surface area contributed by atoms with Crippen molar-refractivity contribution in [1.29, 1.82) is 10.5 Å². The van der Waals surface area contributed by atoms with Gasteiger partial charge in [0.05, 0.1) is 34.1 Å². The molecule has 0 spiro atoms. The number of nitrogens with zero attached hydrogens (tertiary/aromatic N) is 4. The van der Waals surface area contributed by atoms with Gasteiger partial charge in [-0.15, -0.1) is 5.23 Å². The lowest BCUT2D eigenvalue weighted by Crippen LogP contribution is -2.25. The maximum absolute atomic E-state index is 10.9. The Bertz CT molecular complexity index is 822. The van der Waals surface area contributed by atoms with Gasteiger partial charge in [0.1, 0.15) is 5.69 Å². The van der Waals surface area contributed by atoms with Crippen LogP contribution in [0.2, 0.25) is 0 Å². The van der Waals surface area contributed by atoms with Gasteiger partial charge < -0.3 is 5.32 Å². The van der Waals surface area contributed by atoms with E-state index < -0.39 is 10.8 Å². The summed E-state index contributed by atoms with van der Waals surface area (Å²) in [6.07, 6.45) is 0. The second-order valence-electron chi connectivity index (χ2n) is 5.15. The minimum absolute atomic E-state index is 0.193. The SMILES string of the molecule is CC1=C(C#N)C(c2ccc([N+](=O)[O-])cc2N(O)O)C(C#N)=C(C)N1. The number of benzene rings is 1. The molecule has 0 fully saturated rings. The normalized spacial score (nSPS) is 14.8. The van der Waals surface area contributed by atoms with Crippen LogP contribution >= 0.6 is 0 Å². The summed E-state index contributed by atoms with van der Waals surface area (Å²) in [6.45, 7) is 3.31. The van der Waals surface area contributed by atoms with Crippen molar-refractivity contribution in [2.24, 2.45) is 0 Å². The fourth-order valence-electron chi connectivity index (χ4n) is 2.66. The lowest BCUT2D eigenvalue weighted by Gasteiger charge is -2.28. The predicted molar refractivity (Wildman–Crippen MR) is 81.7 cm³/mol. The van der Waals surface area contributed by atoms with Gasteiger partial charge in [0, 0.05) is 23.5 Å². The van der Waals surface area contributed by atoms with E-state index >= 15 is 0 Å². The van der Waals surface area contributed by atoms with Crippen molar-refractivity contribution in [1.82, 2.24) is 5.32 Å². The van der Waals surface area contributed by atoms with Crippen molar-refractivity contribution < 1.29 is 15.3 Å². The maximum Gasteiger partial charge on any atom is 0.271 e. The maximum atomic E-state index is 10.9. The Hall–Kier alpha value is -3.40. The van der Waals surface area contributed by atoms with Gasteiger partial charge in [0.25, 0.3) is 5.69 Å². The van der Waals surface area contributed by atoms with Crippen molar-refractivity contribution in [2.75, 3.05) is 5.23 Å². The van der Waals surface area contributed by atoms with Crippen LogP contribution in [0, 0.1) is 32.8 Å². The molecular formula is C15H13N5O4. The van der Waals surface area contributed by atoms with Crippen LogP contribution < -0.4 is 10.5 Å². The molecule has 1 aromatic carbocycles. The molecule has 122 valence electrons. The van der Waals surface area contributed by atoms with Gasteiger partial charge in [-0.05, 0) is 25.5 Å². The second-order valence-corrected chi connectivity index (χ2v) is 5.15. The van der Waals surface area contributed by atoms with E-state index in [1.54, 1.807) is 13.8 Å². The zero-order chi connectivity index (χ0) is 18.0. The number of nitro groups is 1. The van der Waals surface area contributed by atoms with E-state index in [9.17, 15) is 31.1 Å². The molecule has 0 amide bonds. The summed E-state index contributed by atoms with van der Waals surface area (Å²) < 4.78 is 0. The summed E-state index contributed by atoms with van der Waals surface area (Å²) in [5.74, 6) is -0.862. The molecule has 9 nitrogen and oxygen atoms in total. The van der Waals surface area contributed by atoms with Crippen molar-refractivity contribution >= 4 is 11.4 Å². The van der Waals surface area contributed by atoms with Gasteiger partial charge in [-0.1, -0.05) is 0 Å². The highest BCUT2D eigenvalue weighted by Gasteiger charge is 2.32. The smallest absolute Gasteiger partial charge is 0.271 e. The number of nitrogens with one attached hydrogen (secondary N) is 1. The van der Waals surface area contributed by atoms with Gasteiger partial charge in [-0.3, -0.25) is 20.5 Å². The average Bonchev–Trinajstić information content (AvgIpc) is 2.53. The third kappa shape index (κ3) is 2.77. The van der Waals surface area contributed by atoms with E-state index in [0.29, 0.717) is 11.4 Å². The molecule has 0 atom stereocenters. The fourth-order valence-corrected chi connectivity index (χ4v) is 2.66. The first-order chi connectivity index (χ1) is 11.3. The van der Waals surface area contributed by atoms with Gasteiger partial charge in [-0.2, -0.15) is 10.5 Å². The minimum atomic E-state index is -0.862. The lowest BCUT2D eigenvalue weighted by atomic mass is 9.81. The third-order valence-corrected chi connectivity index (χ3v) is 3.75. The first-order valence-electron chi connectivity index (χ1n) is 6.76. The van der Waals surface area contributed by atoms with Crippen molar-refractivity contribution in [3.63, 3.8) is 0 Å². The Morgan fingerprint density at radius 2 is 1.75 bits per heavy atom. The molecule has 0 bridgehead atoms. The number of non-ortho nitro benzene ring substituents is 1. The van der Waals surface area contributed by atoms with Crippen LogP contribution in [0.25, 0.3) is 0 Å². The highest BCUT2D eigenvalue weighted by atomic mass is 16.8. The molecule has 1 heterocycles. The van der Waals surface area contributed by atoms with Crippen LogP contribution in [-0.2, 0) is 0 Å². The monoisotopic (exact) mass is 327 g/mol. The summed E-state index contributed by atoms with van der Waals surface area (Å²) in [4.78, 5) is 10.2. The number of hydrogen-bond donors (Lipinski definition) is 3. The molecule has 0 aromatic heterocycles. The Balaban J connectivity index is 2.76. The lowest BCUT2D eigenvalue weighted by molar-refractivity contribution is -0.384. The summed E-state index contributed by atoms with van der Waals surface area (Å²) in [5.41, 5.74) is 1.03. The number of nitro benzene ring substituents is 1. The number of allylic oxidation sites excluding steroid dienone is 4. The van der Waals surface area contributed by atoms with Gasteiger partial charge >= 0.3 is 0 Å². The Morgan fingerprint density at radius 3 is 2.17 bits per heavy atom. The minimum Gasteiger partial charge on any atom is -0.361 e. The van der Waals surface area contributed by atoms with Crippen molar-refractivity contribution in [3.05, 3.63) is 56.4 Å². The standard InChI is InChI=1S/C15H13N5O4/c1-8-12(6-16)15(13(7-17)9(2)18-8)11-4-3-10(19(21)22)5-14(11)20(23)24/h3-5,15,18,23-24H,1-2H3. The van der Waals surface area contributed by atoms with E-state index in [0.717, 1.165) is 6.07 Å². The quantitative estimate of drug-likeness (QED) is 0.566. The average molecular weight is 327 g/mol. The van der Waals surface area contributed by atoms with E-state index in [2.05, 4.69) is 5.32 Å². The molecule has 9 heteroatoms. The topological polar surface area (TPSA) is 146 Å². The van der Waals surface area contributed by atoms with E-state index in [-0.39, 0.29) is 33.3 Å². The molecule has 24 heavy (non-hydrogen) atoms. The van der Waals surface area contributed by atoms with E-state index in [4.69, 9.17) is 0 Å². The largest absolute Gasteiger partial charge is 0.361 e. The molecule has 1 aliphatic heterocycles. The number of hydrogen-bond acceptors (Lipinski definition) is 8. The molecule has 0 aliphatic carbocycles. The molecule has 1 aromatic rings. The van der Waals surface area contributed by atoms with Crippen molar-refractivity contribution in [2.45, 2.75) is 19.8 Å². The number of rotatable bonds is 3. The summed E-state index contributed by atoms with van der Waals surface area (Å²) in [6, 6.07) is 7.46. The first kappa shape index (κ1) is 17.0. The third-order valence-electron chi connectivity index (χ3n) is 3.75. The second kappa shape index (κ2) is 6.38. The summed E-state index contributed by atoms with van der Waals surface area (Å²) >= 11 is 0. The zero-order valence-electron chi connectivity index (χ0n) is 12.8. The van der Waals surface area contributed by atoms with Crippen LogP contribution in [0.15, 0.2) is 40.7 Å². The Labute approximate surface area is 137 Å². The molecule has 2 rings (SSSR count). The molecular weight excluding hydrogens is 314 g/mol. The molecule has 3 N–H and O–H groups in total. The first-order valence-corrected chi connectivity index (χ1v) is 6.76. The number of dihydropyridines is 1. The van der Waals surface area contributed by atoms with E-state index in [1.807, 2.05) is 12.1 Å². The molecule has 0 radical (unpaired) electrons. The van der Waals surface area contributed by atoms with E-state index in [1.165, 1.54) is 12.1 Å². The van der Waals surface area contributed by atoms with Crippen LogP contribution in [0.1, 0.15) is 25.3 Å². The summed E-state index contributed by atoms with van der Waals surface area (Å²) in [5, 5.41) is 51.3. The van der Waals surface area contributed by atoms with Crippen molar-refractivity contribution in [3.8, 4) is 12.1 Å². The van der Waals surface area contributed by atoms with Gasteiger partial charge in [0.15, 0.2) is 0 Å². The molecule has 0 saturated heterocycles. The summed E-state index contributed by atoms with van der Waals surface area (Å²) in [7, 11) is 0. The highest BCUT2D eigenvalue weighted by Crippen LogP contribution is 2.42. The van der Waals surface area contributed by atoms with Crippen LogP contribution in [0.3, 0.4) is 0 Å². The molecule has 0 unspecified atom stereocenters. The van der Waals surface area contributed by atoms with Crippen LogP contribution in [0.4, 0.5) is 11.4 Å². The van der Waals surface area contributed by atoms with Crippen LogP contribution in [-0.4, -0.2) is 15.3 Å². The van der Waals surface area contributed by atoms with Crippen LogP contribution in [0.5, 0.6) is 0 Å². The molecule has 1 aliphatic rings. The Kier molecular flexibility index (Phi) is 4.51. The Morgan fingerprint density at radius 1 is 1.21 bits per heavy atom. The predicted octanol–water partition coefficient (Wildman–Crippen LogP) is 2.46. The fraction of sp³-hybridized carbons (Fsp3) is 0.200. The highest BCUT2D eigenvalue weighted by molar-refractivity contribution is 5.65. The van der Waals surface area contributed by atoms with Gasteiger partial charge in [0.2, 0.25) is 0 Å². The number of anilines is 1. The zero-order valence-corrected chi connectivity index (χ0v) is 12.8. The number of nitriles is 2.